The number of rotatable bonds is 5. The molecule has 3 amide bonds. The van der Waals surface area contributed by atoms with Gasteiger partial charge in [-0.15, -0.1) is 0 Å². The number of benzene rings is 1. The molecule has 3 N–H and O–H groups in total. The topological polar surface area (TPSA) is 90.5 Å². The van der Waals surface area contributed by atoms with Crippen molar-refractivity contribution in [2.75, 3.05) is 25.0 Å². The number of likely N-dealkylation sites (N-methyl/N-ethyl adjacent to an activating group) is 1. The van der Waals surface area contributed by atoms with Crippen LogP contribution in [0.5, 0.6) is 0 Å². The number of nitrogens with one attached hydrogen (secondary N) is 3. The second-order valence-electron chi connectivity index (χ2n) is 6.49. The molecule has 1 aromatic carbocycles. The van der Waals surface area contributed by atoms with Crippen LogP contribution in [0.3, 0.4) is 0 Å². The van der Waals surface area contributed by atoms with E-state index in [1.807, 2.05) is 0 Å². The number of anilines is 1. The van der Waals surface area contributed by atoms with Crippen LogP contribution in [-0.4, -0.2) is 54.3 Å². The van der Waals surface area contributed by atoms with Gasteiger partial charge in [-0.3, -0.25) is 19.3 Å². The number of fused-ring (bicyclic) bond motifs is 1. The lowest BCUT2D eigenvalue weighted by molar-refractivity contribution is -0.125. The molecule has 1 unspecified atom stereocenters. The van der Waals surface area contributed by atoms with E-state index < -0.39 is 6.04 Å². The number of hydrogen-bond donors (Lipinski definition) is 3. The zero-order valence-corrected chi connectivity index (χ0v) is 14.4. The van der Waals surface area contributed by atoms with Crippen molar-refractivity contribution in [2.45, 2.75) is 38.3 Å². The summed E-state index contributed by atoms with van der Waals surface area (Å²) < 4.78 is 0. The lowest BCUT2D eigenvalue weighted by Crippen LogP contribution is -2.46. The maximum Gasteiger partial charge on any atom is 0.254 e. The Morgan fingerprint density at radius 3 is 2.92 bits per heavy atom. The Bertz CT molecular complexity index is 676. The molecule has 2 aliphatic heterocycles. The van der Waals surface area contributed by atoms with Crippen molar-refractivity contribution >= 4 is 23.4 Å². The molecule has 0 bridgehead atoms. The number of carbonyl (C=O) groups is 3. The van der Waals surface area contributed by atoms with Crippen molar-refractivity contribution in [2.24, 2.45) is 0 Å². The Morgan fingerprint density at radius 2 is 2.12 bits per heavy atom. The van der Waals surface area contributed by atoms with Gasteiger partial charge in [-0.25, -0.2) is 0 Å². The van der Waals surface area contributed by atoms with Crippen LogP contribution in [0, 0.1) is 0 Å². The van der Waals surface area contributed by atoms with E-state index in [0.29, 0.717) is 23.8 Å². The minimum absolute atomic E-state index is 0.0651. The fourth-order valence-corrected chi connectivity index (χ4v) is 3.49. The molecule has 0 radical (unpaired) electrons. The summed E-state index contributed by atoms with van der Waals surface area (Å²) in [5.74, 6) is -0.946. The first-order valence-electron chi connectivity index (χ1n) is 8.80. The second-order valence-corrected chi connectivity index (χ2v) is 6.49. The Hall–Kier alpha value is -2.41. The van der Waals surface area contributed by atoms with E-state index in [-0.39, 0.29) is 24.1 Å². The van der Waals surface area contributed by atoms with E-state index in [0.717, 1.165) is 25.9 Å². The number of likely N-dealkylation sites (tertiary alicyclic amines) is 1. The van der Waals surface area contributed by atoms with Crippen molar-refractivity contribution in [3.05, 3.63) is 29.8 Å². The second kappa shape index (κ2) is 7.65. The van der Waals surface area contributed by atoms with Gasteiger partial charge < -0.3 is 16.0 Å². The summed E-state index contributed by atoms with van der Waals surface area (Å²) >= 11 is 0. The quantitative estimate of drug-likeness (QED) is 0.734. The fraction of sp³-hybridized carbons (Fsp3) is 0.500. The molecule has 0 aromatic heterocycles. The first kappa shape index (κ1) is 17.4. The minimum atomic E-state index is -0.870. The van der Waals surface area contributed by atoms with Gasteiger partial charge >= 0.3 is 0 Å². The van der Waals surface area contributed by atoms with Gasteiger partial charge in [-0.2, -0.15) is 0 Å². The molecule has 2 heterocycles. The van der Waals surface area contributed by atoms with Crippen LogP contribution in [0.15, 0.2) is 24.3 Å². The average molecular weight is 344 g/mol. The summed E-state index contributed by atoms with van der Waals surface area (Å²) in [7, 11) is 0. The highest BCUT2D eigenvalue weighted by molar-refractivity contribution is 6.10. The lowest BCUT2D eigenvalue weighted by atomic mass is 10.1. The van der Waals surface area contributed by atoms with Crippen molar-refractivity contribution in [1.82, 2.24) is 15.5 Å². The highest BCUT2D eigenvalue weighted by Gasteiger charge is 2.30. The third-order valence-corrected chi connectivity index (χ3v) is 4.88. The summed E-state index contributed by atoms with van der Waals surface area (Å²) in [6.45, 7) is 4.73. The van der Waals surface area contributed by atoms with Gasteiger partial charge in [0.15, 0.2) is 0 Å². The molecule has 3 rings (SSSR count). The molecule has 7 nitrogen and oxygen atoms in total. The van der Waals surface area contributed by atoms with Gasteiger partial charge in [-0.1, -0.05) is 19.1 Å². The molecular formula is C18H24N4O3. The van der Waals surface area contributed by atoms with Crippen LogP contribution in [0.2, 0.25) is 0 Å². The van der Waals surface area contributed by atoms with Crippen molar-refractivity contribution in [3.63, 3.8) is 0 Å². The number of amides is 3. The van der Waals surface area contributed by atoms with Crippen molar-refractivity contribution in [1.29, 1.82) is 0 Å². The third-order valence-electron chi connectivity index (χ3n) is 4.88. The van der Waals surface area contributed by atoms with Crippen LogP contribution < -0.4 is 16.0 Å². The zero-order chi connectivity index (χ0) is 17.8. The summed E-state index contributed by atoms with van der Waals surface area (Å²) in [4.78, 5) is 39.1. The lowest BCUT2D eigenvalue weighted by Gasteiger charge is -2.23. The molecule has 0 spiro atoms. The van der Waals surface area contributed by atoms with Crippen LogP contribution in [0.25, 0.3) is 0 Å². The fourth-order valence-electron chi connectivity index (χ4n) is 3.49. The molecule has 7 heteroatoms. The monoisotopic (exact) mass is 344 g/mol. The zero-order valence-electron chi connectivity index (χ0n) is 14.4. The largest absolute Gasteiger partial charge is 0.354 e. The highest BCUT2D eigenvalue weighted by Crippen LogP contribution is 2.19. The molecule has 134 valence electrons. The van der Waals surface area contributed by atoms with Crippen molar-refractivity contribution in [3.8, 4) is 0 Å². The van der Waals surface area contributed by atoms with E-state index in [9.17, 15) is 14.4 Å². The summed E-state index contributed by atoms with van der Waals surface area (Å²) in [6.07, 6.45) is 2.15. The first-order valence-corrected chi connectivity index (χ1v) is 8.80. The van der Waals surface area contributed by atoms with Gasteiger partial charge in [0.1, 0.15) is 6.04 Å². The van der Waals surface area contributed by atoms with Crippen LogP contribution in [0.4, 0.5) is 5.69 Å². The predicted octanol–water partition coefficient (Wildman–Crippen LogP) is 0.728. The predicted molar refractivity (Wildman–Crippen MR) is 94.2 cm³/mol. The first-order chi connectivity index (χ1) is 12.1. The number of hydrogen-bond acceptors (Lipinski definition) is 4. The number of nitrogens with zero attached hydrogens (tertiary/aromatic N) is 1. The Balaban J connectivity index is 1.56. The standard InChI is InChI=1S/C18H24N4O3/c1-2-22-9-5-6-12(22)11-19-16(23)10-15-18(25)20-14-8-4-3-7-13(14)17(24)21-15/h3-4,7-8,12,15H,2,5-6,9-11H2,1H3,(H,19,23)(H,20,25)(H,21,24)/t12?,15-/m0/s1. The van der Waals surface area contributed by atoms with Gasteiger partial charge in [0.2, 0.25) is 11.8 Å². The van der Waals surface area contributed by atoms with Gasteiger partial charge in [0.25, 0.3) is 5.91 Å². The SMILES string of the molecule is CCN1CCCC1CNC(=O)C[C@@H]1NC(=O)c2ccccc2NC1=O. The Morgan fingerprint density at radius 1 is 1.32 bits per heavy atom. The van der Waals surface area contributed by atoms with Gasteiger partial charge in [0.05, 0.1) is 17.7 Å². The van der Waals surface area contributed by atoms with Crippen LogP contribution >= 0.6 is 0 Å². The molecule has 0 saturated carbocycles. The molecule has 1 saturated heterocycles. The van der Waals surface area contributed by atoms with E-state index in [1.54, 1.807) is 24.3 Å². The maximum absolute atomic E-state index is 12.3. The maximum atomic E-state index is 12.3. The van der Waals surface area contributed by atoms with E-state index in [1.165, 1.54) is 0 Å². The molecule has 2 aliphatic rings. The minimum Gasteiger partial charge on any atom is -0.354 e. The van der Waals surface area contributed by atoms with Gasteiger partial charge in [-0.05, 0) is 38.1 Å². The third kappa shape index (κ3) is 3.99. The molecule has 25 heavy (non-hydrogen) atoms. The molecule has 0 aliphatic carbocycles. The number of para-hydroxylation sites is 1. The van der Waals surface area contributed by atoms with Crippen LogP contribution in [-0.2, 0) is 9.59 Å². The normalized spacial score (nSPS) is 23.4. The average Bonchev–Trinajstić information content (AvgIpc) is 3.02. The Labute approximate surface area is 147 Å². The summed E-state index contributed by atoms with van der Waals surface area (Å²) in [5.41, 5.74) is 0.876. The molecular weight excluding hydrogens is 320 g/mol. The number of carbonyl (C=O) groups excluding carboxylic acids is 3. The van der Waals surface area contributed by atoms with E-state index in [2.05, 4.69) is 27.8 Å². The Kier molecular flexibility index (Phi) is 5.33. The summed E-state index contributed by atoms with van der Waals surface area (Å²) in [5, 5.41) is 8.25. The summed E-state index contributed by atoms with van der Waals surface area (Å²) in [6, 6.07) is 6.29. The smallest absolute Gasteiger partial charge is 0.254 e. The molecule has 1 fully saturated rings. The molecule has 1 aromatic rings. The van der Waals surface area contributed by atoms with Crippen molar-refractivity contribution < 1.29 is 14.4 Å². The van der Waals surface area contributed by atoms with E-state index in [4.69, 9.17) is 0 Å². The molecule has 2 atom stereocenters. The highest BCUT2D eigenvalue weighted by atomic mass is 16.2. The van der Waals surface area contributed by atoms with Gasteiger partial charge in [0, 0.05) is 12.6 Å². The van der Waals surface area contributed by atoms with Crippen LogP contribution in [0.1, 0.15) is 36.5 Å². The van der Waals surface area contributed by atoms with E-state index >= 15 is 0 Å².